The first-order chi connectivity index (χ1) is 13.7. The standard InChI is InChI=1S/C22H25N3O3/c1-2-28-20-9-4-3-7-16(20)14-23-21(26)15-10-11-18-17(13-15)24-22(27)19-8-5-6-12-25(18)19/h3-4,7,9-11,13,19H,2,5-6,8,12,14H2,1H3,(H,23,26)(H,24,27). The van der Waals surface area contributed by atoms with Crippen molar-refractivity contribution >= 4 is 23.2 Å². The highest BCUT2D eigenvalue weighted by Gasteiger charge is 2.34. The van der Waals surface area contributed by atoms with Crippen LogP contribution in [0.4, 0.5) is 11.4 Å². The summed E-state index contributed by atoms with van der Waals surface area (Å²) in [6.45, 7) is 3.77. The largest absolute Gasteiger partial charge is 0.494 e. The van der Waals surface area contributed by atoms with Crippen LogP contribution in [0.3, 0.4) is 0 Å². The van der Waals surface area contributed by atoms with E-state index in [0.717, 1.165) is 42.8 Å². The van der Waals surface area contributed by atoms with Crippen LogP contribution in [0.5, 0.6) is 5.75 Å². The van der Waals surface area contributed by atoms with Gasteiger partial charge in [-0.3, -0.25) is 9.59 Å². The molecule has 0 saturated carbocycles. The van der Waals surface area contributed by atoms with Crippen LogP contribution in [0.2, 0.25) is 0 Å². The van der Waals surface area contributed by atoms with E-state index in [0.29, 0.717) is 24.4 Å². The van der Waals surface area contributed by atoms with Crippen molar-refractivity contribution in [2.24, 2.45) is 0 Å². The van der Waals surface area contributed by atoms with Gasteiger partial charge in [-0.2, -0.15) is 0 Å². The van der Waals surface area contributed by atoms with Crippen LogP contribution in [-0.2, 0) is 11.3 Å². The van der Waals surface area contributed by atoms with Crippen molar-refractivity contribution in [3.05, 3.63) is 53.6 Å². The molecule has 6 nitrogen and oxygen atoms in total. The van der Waals surface area contributed by atoms with E-state index < -0.39 is 0 Å². The van der Waals surface area contributed by atoms with E-state index in [1.54, 1.807) is 6.07 Å². The number of carbonyl (C=O) groups is 2. The average molecular weight is 379 g/mol. The molecular formula is C22H25N3O3. The third kappa shape index (κ3) is 3.54. The zero-order valence-corrected chi connectivity index (χ0v) is 16.0. The summed E-state index contributed by atoms with van der Waals surface area (Å²) < 4.78 is 5.61. The SMILES string of the molecule is CCOc1ccccc1CNC(=O)c1ccc2c(c1)NC(=O)C1CCCCN21. The maximum atomic E-state index is 12.7. The van der Waals surface area contributed by atoms with Gasteiger partial charge >= 0.3 is 0 Å². The van der Waals surface area contributed by atoms with Crippen molar-refractivity contribution in [3.63, 3.8) is 0 Å². The number of piperidine rings is 1. The first kappa shape index (κ1) is 18.3. The first-order valence-corrected chi connectivity index (χ1v) is 9.88. The van der Waals surface area contributed by atoms with E-state index in [2.05, 4.69) is 15.5 Å². The molecule has 0 radical (unpaired) electrons. The molecule has 0 aromatic heterocycles. The third-order valence-electron chi connectivity index (χ3n) is 5.34. The molecule has 6 heteroatoms. The lowest BCUT2D eigenvalue weighted by atomic mass is 9.97. The third-order valence-corrected chi connectivity index (χ3v) is 5.34. The van der Waals surface area contributed by atoms with Gasteiger partial charge in [0.15, 0.2) is 0 Å². The Morgan fingerprint density at radius 3 is 2.96 bits per heavy atom. The van der Waals surface area contributed by atoms with Gasteiger partial charge in [-0.15, -0.1) is 0 Å². The van der Waals surface area contributed by atoms with Crippen LogP contribution >= 0.6 is 0 Å². The lowest BCUT2D eigenvalue weighted by Gasteiger charge is -2.41. The fourth-order valence-corrected chi connectivity index (χ4v) is 3.96. The fraction of sp³-hybridized carbons (Fsp3) is 0.364. The molecule has 2 heterocycles. The van der Waals surface area contributed by atoms with Gasteiger partial charge in [-0.1, -0.05) is 18.2 Å². The normalized spacial score (nSPS) is 18.0. The minimum atomic E-state index is -0.177. The summed E-state index contributed by atoms with van der Waals surface area (Å²) in [6.07, 6.45) is 3.05. The average Bonchev–Trinajstić information content (AvgIpc) is 2.73. The number of nitrogens with one attached hydrogen (secondary N) is 2. The monoisotopic (exact) mass is 379 g/mol. The quantitative estimate of drug-likeness (QED) is 0.836. The van der Waals surface area contributed by atoms with Crippen molar-refractivity contribution in [3.8, 4) is 5.75 Å². The molecule has 2 aromatic rings. The minimum Gasteiger partial charge on any atom is -0.494 e. The highest BCUT2D eigenvalue weighted by Crippen LogP contribution is 2.36. The number of nitrogens with zero attached hydrogens (tertiary/aromatic N) is 1. The van der Waals surface area contributed by atoms with Crippen LogP contribution in [0.25, 0.3) is 0 Å². The van der Waals surface area contributed by atoms with Crippen LogP contribution in [0.1, 0.15) is 42.1 Å². The second kappa shape index (κ2) is 7.92. The number of para-hydroxylation sites is 1. The number of ether oxygens (including phenoxy) is 1. The Bertz CT molecular complexity index is 896. The van der Waals surface area contributed by atoms with Gasteiger partial charge in [0, 0.05) is 24.2 Å². The van der Waals surface area contributed by atoms with Crippen molar-refractivity contribution in [2.75, 3.05) is 23.4 Å². The van der Waals surface area contributed by atoms with Gasteiger partial charge in [-0.25, -0.2) is 0 Å². The fourth-order valence-electron chi connectivity index (χ4n) is 3.96. The molecule has 1 atom stereocenters. The molecule has 28 heavy (non-hydrogen) atoms. The summed E-state index contributed by atoms with van der Waals surface area (Å²) in [4.78, 5) is 27.2. The zero-order valence-electron chi connectivity index (χ0n) is 16.0. The molecule has 1 saturated heterocycles. The van der Waals surface area contributed by atoms with Crippen LogP contribution < -0.4 is 20.3 Å². The van der Waals surface area contributed by atoms with Gasteiger partial charge in [0.05, 0.1) is 18.0 Å². The molecule has 2 amide bonds. The second-order valence-electron chi connectivity index (χ2n) is 7.15. The van der Waals surface area contributed by atoms with E-state index >= 15 is 0 Å². The van der Waals surface area contributed by atoms with Gasteiger partial charge < -0.3 is 20.3 Å². The minimum absolute atomic E-state index is 0.0235. The molecular weight excluding hydrogens is 354 g/mol. The van der Waals surface area contributed by atoms with Gasteiger partial charge in [0.25, 0.3) is 5.91 Å². The molecule has 0 aliphatic carbocycles. The number of benzene rings is 2. The Balaban J connectivity index is 1.49. The van der Waals surface area contributed by atoms with Crippen LogP contribution in [0.15, 0.2) is 42.5 Å². The number of carbonyl (C=O) groups excluding carboxylic acids is 2. The van der Waals surface area contributed by atoms with Crippen molar-refractivity contribution in [1.29, 1.82) is 0 Å². The first-order valence-electron chi connectivity index (χ1n) is 9.88. The summed E-state index contributed by atoms with van der Waals surface area (Å²) in [5.41, 5.74) is 3.18. The summed E-state index contributed by atoms with van der Waals surface area (Å²) in [6, 6.07) is 13.1. The van der Waals surface area contributed by atoms with E-state index in [4.69, 9.17) is 4.74 Å². The Morgan fingerprint density at radius 1 is 1.25 bits per heavy atom. The van der Waals surface area contributed by atoms with Crippen LogP contribution in [-0.4, -0.2) is 31.0 Å². The number of hydrogen-bond acceptors (Lipinski definition) is 4. The van der Waals surface area contributed by atoms with Crippen LogP contribution in [0, 0.1) is 0 Å². The molecule has 2 aromatic carbocycles. The van der Waals surface area contributed by atoms with E-state index in [9.17, 15) is 9.59 Å². The number of amides is 2. The molecule has 0 spiro atoms. The molecule has 1 fully saturated rings. The van der Waals surface area contributed by atoms with E-state index in [1.807, 2.05) is 43.3 Å². The molecule has 1 unspecified atom stereocenters. The summed E-state index contributed by atoms with van der Waals surface area (Å²) in [7, 11) is 0. The molecule has 2 aliphatic heterocycles. The lowest BCUT2D eigenvalue weighted by Crippen LogP contribution is -2.50. The Hall–Kier alpha value is -3.02. The topological polar surface area (TPSA) is 70.7 Å². The smallest absolute Gasteiger partial charge is 0.251 e. The molecule has 4 rings (SSSR count). The van der Waals surface area contributed by atoms with Crippen molar-refractivity contribution in [1.82, 2.24) is 5.32 Å². The molecule has 146 valence electrons. The number of fused-ring (bicyclic) bond motifs is 3. The van der Waals surface area contributed by atoms with Gasteiger partial charge in [0.2, 0.25) is 5.91 Å². The Labute approximate surface area is 164 Å². The zero-order chi connectivity index (χ0) is 19.5. The summed E-state index contributed by atoms with van der Waals surface area (Å²) >= 11 is 0. The number of hydrogen-bond donors (Lipinski definition) is 2. The Morgan fingerprint density at radius 2 is 2.11 bits per heavy atom. The van der Waals surface area contributed by atoms with Crippen molar-refractivity contribution in [2.45, 2.75) is 38.8 Å². The predicted octanol–water partition coefficient (Wildman–Crippen LogP) is 3.33. The second-order valence-corrected chi connectivity index (χ2v) is 7.15. The molecule has 2 N–H and O–H groups in total. The lowest BCUT2D eigenvalue weighted by molar-refractivity contribution is -0.118. The molecule has 0 bridgehead atoms. The maximum absolute atomic E-state index is 12.7. The van der Waals surface area contributed by atoms with E-state index in [-0.39, 0.29) is 17.9 Å². The maximum Gasteiger partial charge on any atom is 0.251 e. The Kier molecular flexibility index (Phi) is 5.19. The number of rotatable bonds is 5. The van der Waals surface area contributed by atoms with Gasteiger partial charge in [-0.05, 0) is 50.5 Å². The van der Waals surface area contributed by atoms with E-state index in [1.165, 1.54) is 0 Å². The molecule has 2 aliphatic rings. The summed E-state index contributed by atoms with van der Waals surface area (Å²) in [5.74, 6) is 0.624. The van der Waals surface area contributed by atoms with Gasteiger partial charge in [0.1, 0.15) is 11.8 Å². The highest BCUT2D eigenvalue weighted by atomic mass is 16.5. The summed E-state index contributed by atoms with van der Waals surface area (Å²) in [5, 5.41) is 5.92. The van der Waals surface area contributed by atoms with Crippen molar-refractivity contribution < 1.29 is 14.3 Å². The highest BCUT2D eigenvalue weighted by molar-refractivity contribution is 6.05. The predicted molar refractivity (Wildman–Crippen MR) is 109 cm³/mol. The number of anilines is 2.